The lowest BCUT2D eigenvalue weighted by Crippen LogP contribution is -2.43. The van der Waals surface area contributed by atoms with Crippen LogP contribution in [0.4, 0.5) is 14.5 Å². The second-order valence-corrected chi connectivity index (χ2v) is 8.25. The van der Waals surface area contributed by atoms with Crippen LogP contribution in [-0.2, 0) is 13.0 Å². The largest absolute Gasteiger partial charge is 0.343 e. The molecule has 0 aromatic heterocycles. The van der Waals surface area contributed by atoms with E-state index in [1.54, 1.807) is 6.07 Å². The molecule has 2 nitrogen and oxygen atoms in total. The van der Waals surface area contributed by atoms with Crippen molar-refractivity contribution in [2.45, 2.75) is 45.1 Å². The third-order valence-electron chi connectivity index (χ3n) is 5.70. The van der Waals surface area contributed by atoms with Crippen LogP contribution in [0.3, 0.4) is 0 Å². The number of rotatable bonds is 2. The fourth-order valence-corrected chi connectivity index (χ4v) is 4.60. The maximum absolute atomic E-state index is 14.0. The summed E-state index contributed by atoms with van der Waals surface area (Å²) < 4.78 is 28.0. The van der Waals surface area contributed by atoms with Gasteiger partial charge in [-0.1, -0.05) is 48.5 Å². The van der Waals surface area contributed by atoms with Gasteiger partial charge >= 0.3 is 0 Å². The van der Waals surface area contributed by atoms with Crippen molar-refractivity contribution in [2.75, 3.05) is 5.32 Å². The summed E-state index contributed by atoms with van der Waals surface area (Å²) in [5, 5.41) is 4.41. The van der Waals surface area contributed by atoms with Gasteiger partial charge in [-0.05, 0) is 49.1 Å². The molecule has 1 aliphatic heterocycles. The molecule has 142 valence electrons. The number of nitrogens with one attached hydrogen (secondary N) is 1. The normalized spacial score (nSPS) is 19.8. The van der Waals surface area contributed by atoms with Gasteiger partial charge in [0.05, 0.1) is 16.6 Å². The smallest absolute Gasteiger partial charge is 0.131 e. The molecule has 0 atom stereocenters. The van der Waals surface area contributed by atoms with Gasteiger partial charge in [0.2, 0.25) is 0 Å². The van der Waals surface area contributed by atoms with E-state index in [-0.39, 0.29) is 17.5 Å². The van der Waals surface area contributed by atoms with Crippen molar-refractivity contribution in [1.29, 1.82) is 0 Å². The summed E-state index contributed by atoms with van der Waals surface area (Å²) in [5.41, 5.74) is 1.85. The summed E-state index contributed by atoms with van der Waals surface area (Å²) >= 11 is 12.4. The Balaban J connectivity index is 1.73. The molecule has 2 aromatic carbocycles. The Morgan fingerprint density at radius 2 is 1.67 bits per heavy atom. The van der Waals surface area contributed by atoms with Gasteiger partial charge in [-0.3, -0.25) is 4.99 Å². The van der Waals surface area contributed by atoms with E-state index in [1.807, 2.05) is 6.07 Å². The zero-order chi connectivity index (χ0) is 19.0. The molecule has 1 N–H and O–H groups in total. The zero-order valence-corrected chi connectivity index (χ0v) is 16.3. The van der Waals surface area contributed by atoms with Crippen LogP contribution >= 0.6 is 23.2 Å². The van der Waals surface area contributed by atoms with Gasteiger partial charge < -0.3 is 5.32 Å². The Labute approximate surface area is 167 Å². The number of nitrogens with zero attached hydrogens (tertiary/aromatic N) is 1. The van der Waals surface area contributed by atoms with E-state index in [0.29, 0.717) is 10.0 Å². The molecule has 0 bridgehead atoms. The van der Waals surface area contributed by atoms with Crippen molar-refractivity contribution in [1.82, 2.24) is 0 Å². The summed E-state index contributed by atoms with van der Waals surface area (Å²) in [7, 11) is 0. The highest BCUT2D eigenvalue weighted by molar-refractivity contribution is 6.42. The van der Waals surface area contributed by atoms with Crippen molar-refractivity contribution in [3.05, 3.63) is 63.1 Å². The molecular formula is C21H20Cl2F2N2. The molecule has 1 fully saturated rings. The molecule has 0 radical (unpaired) electrons. The zero-order valence-electron chi connectivity index (χ0n) is 14.8. The molecule has 1 spiro atoms. The third kappa shape index (κ3) is 3.57. The van der Waals surface area contributed by atoms with Gasteiger partial charge in [0.15, 0.2) is 0 Å². The number of hydrogen-bond acceptors (Lipinski definition) is 1. The lowest BCUT2D eigenvalue weighted by atomic mass is 9.67. The van der Waals surface area contributed by atoms with Crippen LogP contribution in [0.15, 0.2) is 35.3 Å². The molecule has 1 saturated carbocycles. The minimum absolute atomic E-state index is 0.00213. The molecular weight excluding hydrogens is 389 g/mol. The average molecular weight is 409 g/mol. The second kappa shape index (κ2) is 7.40. The van der Waals surface area contributed by atoms with Crippen molar-refractivity contribution >= 4 is 34.7 Å². The van der Waals surface area contributed by atoms with E-state index < -0.39 is 11.6 Å². The summed E-state index contributed by atoms with van der Waals surface area (Å²) in [6.07, 6.45) is 6.24. The van der Waals surface area contributed by atoms with E-state index in [9.17, 15) is 8.78 Å². The van der Waals surface area contributed by atoms with Gasteiger partial charge in [0, 0.05) is 16.7 Å². The van der Waals surface area contributed by atoms with Crippen molar-refractivity contribution in [3.8, 4) is 0 Å². The van der Waals surface area contributed by atoms with Crippen LogP contribution in [-0.4, -0.2) is 5.84 Å². The Kier molecular flexibility index (Phi) is 5.13. The molecule has 2 aromatic rings. The van der Waals surface area contributed by atoms with Crippen molar-refractivity contribution < 1.29 is 8.78 Å². The Bertz CT molecular complexity index is 885. The van der Waals surface area contributed by atoms with E-state index in [4.69, 9.17) is 23.2 Å². The summed E-state index contributed by atoms with van der Waals surface area (Å²) in [6.45, 7) is -0.0285. The van der Waals surface area contributed by atoms with Gasteiger partial charge in [0.1, 0.15) is 17.5 Å². The third-order valence-corrected chi connectivity index (χ3v) is 6.42. The van der Waals surface area contributed by atoms with Gasteiger partial charge in [-0.15, -0.1) is 0 Å². The number of hydrogen-bond donors (Lipinski definition) is 1. The van der Waals surface area contributed by atoms with Gasteiger partial charge in [-0.25, -0.2) is 8.78 Å². The first kappa shape index (κ1) is 18.7. The van der Waals surface area contributed by atoms with Crippen molar-refractivity contribution in [2.24, 2.45) is 10.4 Å². The van der Waals surface area contributed by atoms with E-state index >= 15 is 0 Å². The molecule has 27 heavy (non-hydrogen) atoms. The van der Waals surface area contributed by atoms with Crippen LogP contribution in [0.5, 0.6) is 0 Å². The fourth-order valence-electron chi connectivity index (χ4n) is 4.25. The van der Waals surface area contributed by atoms with Crippen LogP contribution in [0.25, 0.3) is 0 Å². The van der Waals surface area contributed by atoms with Crippen molar-refractivity contribution in [3.63, 3.8) is 0 Å². The Morgan fingerprint density at radius 1 is 1.00 bits per heavy atom. The van der Waals surface area contributed by atoms with Gasteiger partial charge in [0.25, 0.3) is 0 Å². The van der Waals surface area contributed by atoms with E-state index in [2.05, 4.69) is 10.3 Å². The predicted octanol–water partition coefficient (Wildman–Crippen LogP) is 6.79. The number of fused-ring (bicyclic) bond motifs is 1. The molecule has 4 rings (SSSR count). The minimum atomic E-state index is -0.567. The first-order chi connectivity index (χ1) is 13.0. The molecule has 0 saturated heterocycles. The second-order valence-electron chi connectivity index (χ2n) is 7.43. The maximum Gasteiger partial charge on any atom is 0.131 e. The lowest BCUT2D eigenvalue weighted by Gasteiger charge is -2.42. The average Bonchev–Trinajstić information content (AvgIpc) is 2.64. The highest BCUT2D eigenvalue weighted by atomic mass is 35.5. The quantitative estimate of drug-likeness (QED) is 0.580. The van der Waals surface area contributed by atoms with Crippen LogP contribution in [0, 0.1) is 17.0 Å². The minimum Gasteiger partial charge on any atom is -0.343 e. The van der Waals surface area contributed by atoms with Gasteiger partial charge in [-0.2, -0.15) is 0 Å². The maximum atomic E-state index is 14.0. The number of amidine groups is 1. The molecule has 0 unspecified atom stereocenters. The molecule has 6 heteroatoms. The number of benzene rings is 2. The summed E-state index contributed by atoms with van der Waals surface area (Å²) in [5.74, 6) is -0.332. The molecule has 2 aliphatic rings. The number of halogens is 4. The van der Waals surface area contributed by atoms with Crippen LogP contribution in [0.1, 0.15) is 43.2 Å². The first-order valence-electron chi connectivity index (χ1n) is 9.21. The lowest BCUT2D eigenvalue weighted by molar-refractivity contribution is 0.278. The fraction of sp³-hybridized carbons (Fsp3) is 0.381. The molecule has 1 heterocycles. The first-order valence-corrected chi connectivity index (χ1v) is 9.97. The highest BCUT2D eigenvalue weighted by Gasteiger charge is 2.41. The Hall–Kier alpha value is -1.65. The highest BCUT2D eigenvalue weighted by Crippen LogP contribution is 2.46. The summed E-state index contributed by atoms with van der Waals surface area (Å²) in [6, 6.07) is 7.61. The van der Waals surface area contributed by atoms with E-state index in [1.165, 1.54) is 24.6 Å². The Morgan fingerprint density at radius 3 is 2.37 bits per heavy atom. The SMILES string of the molecule is Fc1cccc(F)c1CN=C1Nc2cc(Cl)c(Cl)cc2CC12CCCCC2. The molecule has 0 amide bonds. The number of aliphatic imine (C=N–C) groups is 1. The number of anilines is 1. The van der Waals surface area contributed by atoms with E-state index in [0.717, 1.165) is 49.2 Å². The van der Waals surface area contributed by atoms with Crippen LogP contribution < -0.4 is 5.32 Å². The predicted molar refractivity (Wildman–Crippen MR) is 107 cm³/mol. The topological polar surface area (TPSA) is 24.4 Å². The monoisotopic (exact) mass is 408 g/mol. The summed E-state index contributed by atoms with van der Waals surface area (Å²) in [4.78, 5) is 4.65. The standard InChI is InChI=1S/C21H20Cl2F2N2/c22-15-9-13-11-21(7-2-1-3-8-21)20(27-19(13)10-16(15)23)26-12-14-17(24)5-4-6-18(14)25/h4-6,9-10H,1-3,7-8,11-12H2,(H,26,27). The molecule has 1 aliphatic carbocycles. The van der Waals surface area contributed by atoms with Crippen LogP contribution in [0.2, 0.25) is 10.0 Å².